The van der Waals surface area contributed by atoms with Crippen molar-refractivity contribution < 1.29 is 0 Å². The molecule has 0 heterocycles. The Labute approximate surface area is 129 Å². The molecule has 1 aromatic carbocycles. The van der Waals surface area contributed by atoms with Crippen LogP contribution < -0.4 is 10.2 Å². The van der Waals surface area contributed by atoms with E-state index in [2.05, 4.69) is 56.1 Å². The van der Waals surface area contributed by atoms with Crippen molar-refractivity contribution in [2.45, 2.75) is 47.1 Å². The van der Waals surface area contributed by atoms with Gasteiger partial charge in [0.15, 0.2) is 0 Å². The lowest BCUT2D eigenvalue weighted by molar-refractivity contribution is 0.552. The summed E-state index contributed by atoms with van der Waals surface area (Å²) in [7, 11) is 0. The molecule has 0 radical (unpaired) electrons. The van der Waals surface area contributed by atoms with Gasteiger partial charge in [0.2, 0.25) is 0 Å². The van der Waals surface area contributed by atoms with Gasteiger partial charge in [-0.25, -0.2) is 0 Å². The molecular formula is C17H29ClN2. The summed E-state index contributed by atoms with van der Waals surface area (Å²) < 4.78 is 0. The molecule has 1 N–H and O–H groups in total. The summed E-state index contributed by atoms with van der Waals surface area (Å²) in [6.07, 6.45) is 2.32. The van der Waals surface area contributed by atoms with Gasteiger partial charge >= 0.3 is 0 Å². The quantitative estimate of drug-likeness (QED) is 0.710. The third-order valence-electron chi connectivity index (χ3n) is 3.26. The SMILES string of the molecule is CCCN(CCC)c1ccc(CNCC(C)C)c(Cl)c1. The zero-order valence-corrected chi connectivity index (χ0v) is 14.1. The zero-order valence-electron chi connectivity index (χ0n) is 13.4. The minimum atomic E-state index is 0.664. The second kappa shape index (κ2) is 9.25. The molecule has 0 atom stereocenters. The van der Waals surface area contributed by atoms with Crippen molar-refractivity contribution in [1.29, 1.82) is 0 Å². The van der Waals surface area contributed by atoms with Crippen molar-refractivity contribution in [3.63, 3.8) is 0 Å². The average molecular weight is 297 g/mol. The summed E-state index contributed by atoms with van der Waals surface area (Å²) in [4.78, 5) is 2.41. The van der Waals surface area contributed by atoms with Crippen LogP contribution in [0.25, 0.3) is 0 Å². The summed E-state index contributed by atoms with van der Waals surface area (Å²) >= 11 is 6.42. The van der Waals surface area contributed by atoms with E-state index in [-0.39, 0.29) is 0 Å². The van der Waals surface area contributed by atoms with E-state index in [4.69, 9.17) is 11.6 Å². The molecule has 1 aromatic rings. The predicted molar refractivity (Wildman–Crippen MR) is 90.8 cm³/mol. The topological polar surface area (TPSA) is 15.3 Å². The second-order valence-corrected chi connectivity index (χ2v) is 6.19. The van der Waals surface area contributed by atoms with Crippen molar-refractivity contribution in [2.75, 3.05) is 24.5 Å². The first-order valence-corrected chi connectivity index (χ1v) is 8.20. The lowest BCUT2D eigenvalue weighted by Crippen LogP contribution is -2.25. The van der Waals surface area contributed by atoms with Gasteiger partial charge in [0.1, 0.15) is 0 Å². The van der Waals surface area contributed by atoms with Gasteiger partial charge in [-0.15, -0.1) is 0 Å². The number of anilines is 1. The van der Waals surface area contributed by atoms with E-state index in [1.54, 1.807) is 0 Å². The third-order valence-corrected chi connectivity index (χ3v) is 3.61. The zero-order chi connectivity index (χ0) is 15.0. The lowest BCUT2D eigenvalue weighted by Gasteiger charge is -2.24. The standard InChI is InChI=1S/C17H29ClN2/c1-5-9-20(10-6-2)16-8-7-15(17(18)11-16)13-19-12-14(3)4/h7-8,11,14,19H,5-6,9-10,12-13H2,1-4H3. The molecule has 0 amide bonds. The van der Waals surface area contributed by atoms with Crippen LogP contribution >= 0.6 is 11.6 Å². The fraction of sp³-hybridized carbons (Fsp3) is 0.647. The Morgan fingerprint density at radius 3 is 2.30 bits per heavy atom. The fourth-order valence-corrected chi connectivity index (χ4v) is 2.52. The van der Waals surface area contributed by atoms with Gasteiger partial charge in [-0.3, -0.25) is 0 Å². The van der Waals surface area contributed by atoms with E-state index in [9.17, 15) is 0 Å². The maximum absolute atomic E-state index is 6.42. The highest BCUT2D eigenvalue weighted by Gasteiger charge is 2.08. The highest BCUT2D eigenvalue weighted by molar-refractivity contribution is 6.31. The van der Waals surface area contributed by atoms with E-state index in [0.29, 0.717) is 5.92 Å². The molecule has 3 heteroatoms. The Hall–Kier alpha value is -0.730. The van der Waals surface area contributed by atoms with Crippen molar-refractivity contribution in [1.82, 2.24) is 5.32 Å². The molecule has 0 aliphatic rings. The fourth-order valence-electron chi connectivity index (χ4n) is 2.28. The van der Waals surface area contributed by atoms with Gasteiger partial charge in [0.25, 0.3) is 0 Å². The number of nitrogens with zero attached hydrogens (tertiary/aromatic N) is 1. The van der Waals surface area contributed by atoms with E-state index in [1.807, 2.05) is 0 Å². The molecule has 0 fully saturated rings. The molecule has 2 nitrogen and oxygen atoms in total. The Morgan fingerprint density at radius 1 is 1.15 bits per heavy atom. The van der Waals surface area contributed by atoms with Crippen LogP contribution in [0.2, 0.25) is 5.02 Å². The van der Waals surface area contributed by atoms with Gasteiger partial charge in [-0.2, -0.15) is 0 Å². The van der Waals surface area contributed by atoms with E-state index in [0.717, 1.165) is 44.0 Å². The molecule has 0 aliphatic heterocycles. The number of hydrogen-bond donors (Lipinski definition) is 1. The first kappa shape index (κ1) is 17.3. The van der Waals surface area contributed by atoms with Gasteiger partial charge < -0.3 is 10.2 Å². The molecule has 0 aliphatic carbocycles. The Balaban J connectivity index is 2.70. The molecular weight excluding hydrogens is 268 g/mol. The minimum Gasteiger partial charge on any atom is -0.372 e. The maximum atomic E-state index is 6.42. The Kier molecular flexibility index (Phi) is 8.01. The minimum absolute atomic E-state index is 0.664. The molecule has 114 valence electrons. The van der Waals surface area contributed by atoms with Crippen LogP contribution in [0, 0.1) is 5.92 Å². The summed E-state index contributed by atoms with van der Waals surface area (Å²) in [5, 5.41) is 4.31. The molecule has 0 bridgehead atoms. The number of benzene rings is 1. The first-order chi connectivity index (χ1) is 9.58. The average Bonchev–Trinajstić information content (AvgIpc) is 2.40. The first-order valence-electron chi connectivity index (χ1n) is 7.82. The van der Waals surface area contributed by atoms with E-state index in [1.165, 1.54) is 11.3 Å². The largest absolute Gasteiger partial charge is 0.372 e. The number of halogens is 1. The van der Waals surface area contributed by atoms with E-state index < -0.39 is 0 Å². The molecule has 1 rings (SSSR count). The summed E-state index contributed by atoms with van der Waals surface area (Å²) in [5.41, 5.74) is 2.43. The Bertz CT molecular complexity index is 385. The van der Waals surface area contributed by atoms with Gasteiger partial charge in [-0.05, 0) is 43.0 Å². The number of hydrogen-bond acceptors (Lipinski definition) is 2. The molecule has 0 saturated carbocycles. The van der Waals surface area contributed by atoms with Crippen molar-refractivity contribution >= 4 is 17.3 Å². The van der Waals surface area contributed by atoms with Crippen LogP contribution in [0.3, 0.4) is 0 Å². The highest BCUT2D eigenvalue weighted by atomic mass is 35.5. The lowest BCUT2D eigenvalue weighted by atomic mass is 10.1. The van der Waals surface area contributed by atoms with Crippen LogP contribution in [-0.4, -0.2) is 19.6 Å². The summed E-state index contributed by atoms with van der Waals surface area (Å²) in [6.45, 7) is 12.9. The van der Waals surface area contributed by atoms with E-state index >= 15 is 0 Å². The summed E-state index contributed by atoms with van der Waals surface area (Å²) in [5.74, 6) is 0.664. The van der Waals surface area contributed by atoms with Gasteiger partial charge in [0.05, 0.1) is 0 Å². The van der Waals surface area contributed by atoms with Crippen LogP contribution in [0.5, 0.6) is 0 Å². The molecule has 0 unspecified atom stereocenters. The molecule has 0 saturated heterocycles. The van der Waals surface area contributed by atoms with Crippen LogP contribution in [0.15, 0.2) is 18.2 Å². The molecule has 0 spiro atoms. The van der Waals surface area contributed by atoms with Crippen LogP contribution in [0.4, 0.5) is 5.69 Å². The van der Waals surface area contributed by atoms with Crippen molar-refractivity contribution in [2.24, 2.45) is 5.92 Å². The van der Waals surface area contributed by atoms with Gasteiger partial charge in [0, 0.05) is 30.3 Å². The predicted octanol–water partition coefficient (Wildman–Crippen LogP) is 4.71. The van der Waals surface area contributed by atoms with Crippen molar-refractivity contribution in [3.05, 3.63) is 28.8 Å². The van der Waals surface area contributed by atoms with Crippen molar-refractivity contribution in [3.8, 4) is 0 Å². The molecule has 0 aromatic heterocycles. The number of nitrogens with one attached hydrogen (secondary N) is 1. The summed E-state index contributed by atoms with van der Waals surface area (Å²) in [6, 6.07) is 6.46. The normalized spacial score (nSPS) is 11.1. The smallest absolute Gasteiger partial charge is 0.0471 e. The van der Waals surface area contributed by atoms with Crippen LogP contribution in [-0.2, 0) is 6.54 Å². The Morgan fingerprint density at radius 2 is 1.80 bits per heavy atom. The highest BCUT2D eigenvalue weighted by Crippen LogP contribution is 2.24. The molecule has 20 heavy (non-hydrogen) atoms. The number of rotatable bonds is 9. The monoisotopic (exact) mass is 296 g/mol. The van der Waals surface area contributed by atoms with Gasteiger partial charge in [-0.1, -0.05) is 45.4 Å². The maximum Gasteiger partial charge on any atom is 0.0471 e. The van der Waals surface area contributed by atoms with Crippen LogP contribution in [0.1, 0.15) is 46.1 Å². The second-order valence-electron chi connectivity index (χ2n) is 5.79. The third kappa shape index (κ3) is 5.72.